The monoisotopic (exact) mass is 517 g/mol. The van der Waals surface area contributed by atoms with Crippen molar-refractivity contribution in [2.24, 2.45) is 0 Å². The van der Waals surface area contributed by atoms with Crippen molar-refractivity contribution in [3.05, 3.63) is 71.4 Å². The molecule has 0 saturated heterocycles. The molecule has 1 heterocycles. The van der Waals surface area contributed by atoms with Gasteiger partial charge in [0.2, 0.25) is 11.8 Å². The summed E-state index contributed by atoms with van der Waals surface area (Å²) in [6.45, 7) is 5.44. The SMILES string of the molecule is CC(C)(C)NC(=O)[C@H](CNCc1c[nH]c2ccccc12)NC(=O)CNC(=O)c1cccc(C(F)(F)F)c1. The van der Waals surface area contributed by atoms with Crippen LogP contribution in [-0.4, -0.2) is 47.4 Å². The number of hydrogen-bond acceptors (Lipinski definition) is 4. The zero-order valence-corrected chi connectivity index (χ0v) is 20.8. The number of amides is 3. The van der Waals surface area contributed by atoms with E-state index in [1.807, 2.05) is 30.5 Å². The molecule has 1 aromatic heterocycles. The number of halogens is 3. The van der Waals surface area contributed by atoms with Crippen LogP contribution in [0.4, 0.5) is 13.2 Å². The number of nitrogens with one attached hydrogen (secondary N) is 5. The van der Waals surface area contributed by atoms with Gasteiger partial charge in [0.15, 0.2) is 0 Å². The first-order valence-corrected chi connectivity index (χ1v) is 11.7. The van der Waals surface area contributed by atoms with Crippen LogP contribution in [0.2, 0.25) is 0 Å². The number of fused-ring (bicyclic) bond motifs is 1. The second kappa shape index (κ2) is 11.5. The van der Waals surface area contributed by atoms with Crippen molar-refractivity contribution in [3.63, 3.8) is 0 Å². The number of carbonyl (C=O) groups excluding carboxylic acids is 3. The molecule has 0 unspecified atom stereocenters. The molecule has 0 radical (unpaired) electrons. The summed E-state index contributed by atoms with van der Waals surface area (Å²) in [7, 11) is 0. The molecule has 0 saturated carbocycles. The average molecular weight is 518 g/mol. The molecule has 11 heteroatoms. The van der Waals surface area contributed by atoms with Crippen LogP contribution < -0.4 is 21.3 Å². The van der Waals surface area contributed by atoms with Gasteiger partial charge in [0.25, 0.3) is 5.91 Å². The lowest BCUT2D eigenvalue weighted by Crippen LogP contribution is -2.56. The molecule has 3 rings (SSSR count). The number of hydrogen-bond donors (Lipinski definition) is 5. The number of alkyl halides is 3. The molecule has 0 fully saturated rings. The highest BCUT2D eigenvalue weighted by molar-refractivity contribution is 5.97. The Morgan fingerprint density at radius 3 is 2.43 bits per heavy atom. The molecule has 0 bridgehead atoms. The van der Waals surface area contributed by atoms with E-state index in [1.54, 1.807) is 20.8 Å². The van der Waals surface area contributed by atoms with Crippen molar-refractivity contribution in [3.8, 4) is 0 Å². The van der Waals surface area contributed by atoms with Crippen LogP contribution in [-0.2, 0) is 22.3 Å². The number of rotatable bonds is 9. The number of carbonyl (C=O) groups is 3. The lowest BCUT2D eigenvalue weighted by atomic mass is 10.1. The van der Waals surface area contributed by atoms with Crippen LogP contribution in [0.25, 0.3) is 10.9 Å². The number of aromatic amines is 1. The van der Waals surface area contributed by atoms with Gasteiger partial charge < -0.3 is 26.3 Å². The highest BCUT2D eigenvalue weighted by Crippen LogP contribution is 2.29. The normalized spacial score (nSPS) is 12.7. The summed E-state index contributed by atoms with van der Waals surface area (Å²) in [6.07, 6.45) is -2.73. The number of H-pyrrole nitrogens is 1. The Morgan fingerprint density at radius 1 is 1.00 bits per heavy atom. The second-order valence-corrected chi connectivity index (χ2v) is 9.61. The molecule has 3 amide bonds. The third kappa shape index (κ3) is 8.07. The lowest BCUT2D eigenvalue weighted by molar-refractivity contribution is -0.137. The van der Waals surface area contributed by atoms with E-state index in [0.717, 1.165) is 28.6 Å². The van der Waals surface area contributed by atoms with E-state index in [-0.39, 0.29) is 12.1 Å². The summed E-state index contributed by atoms with van der Waals surface area (Å²) >= 11 is 0. The highest BCUT2D eigenvalue weighted by Gasteiger charge is 2.31. The Morgan fingerprint density at radius 2 is 1.73 bits per heavy atom. The van der Waals surface area contributed by atoms with Crippen molar-refractivity contribution < 1.29 is 27.6 Å². The predicted molar refractivity (Wildman–Crippen MR) is 134 cm³/mol. The van der Waals surface area contributed by atoms with Gasteiger partial charge in [-0.25, -0.2) is 0 Å². The fourth-order valence-electron chi connectivity index (χ4n) is 3.64. The van der Waals surface area contributed by atoms with E-state index in [9.17, 15) is 27.6 Å². The lowest BCUT2D eigenvalue weighted by Gasteiger charge is -2.26. The summed E-state index contributed by atoms with van der Waals surface area (Å²) in [5.74, 6) is -1.92. The molecule has 0 aliphatic rings. The summed E-state index contributed by atoms with van der Waals surface area (Å²) in [5.41, 5.74) is 0.223. The van der Waals surface area contributed by atoms with Gasteiger partial charge >= 0.3 is 6.18 Å². The first kappa shape index (κ1) is 27.7. The topological polar surface area (TPSA) is 115 Å². The Bertz CT molecular complexity index is 1260. The smallest absolute Gasteiger partial charge is 0.361 e. The number of para-hydroxylation sites is 1. The molecule has 37 heavy (non-hydrogen) atoms. The van der Waals surface area contributed by atoms with E-state index < -0.39 is 47.6 Å². The average Bonchev–Trinajstić information content (AvgIpc) is 3.23. The first-order valence-electron chi connectivity index (χ1n) is 11.7. The second-order valence-electron chi connectivity index (χ2n) is 9.61. The van der Waals surface area contributed by atoms with Crippen molar-refractivity contribution in [2.45, 2.75) is 45.1 Å². The molecular formula is C26H30F3N5O3. The van der Waals surface area contributed by atoms with Crippen LogP contribution in [0.1, 0.15) is 42.3 Å². The molecule has 5 N–H and O–H groups in total. The molecule has 2 aromatic carbocycles. The molecular weight excluding hydrogens is 487 g/mol. The zero-order chi connectivity index (χ0) is 27.2. The maximum atomic E-state index is 12.9. The highest BCUT2D eigenvalue weighted by atomic mass is 19.4. The van der Waals surface area contributed by atoms with Crippen LogP contribution in [0.3, 0.4) is 0 Å². The number of benzene rings is 2. The van der Waals surface area contributed by atoms with E-state index in [0.29, 0.717) is 12.6 Å². The third-order valence-corrected chi connectivity index (χ3v) is 5.35. The minimum absolute atomic E-state index is 0.106. The van der Waals surface area contributed by atoms with Crippen molar-refractivity contribution >= 4 is 28.6 Å². The summed E-state index contributed by atoms with van der Waals surface area (Å²) in [5, 5.41) is 11.9. The third-order valence-electron chi connectivity index (χ3n) is 5.35. The maximum absolute atomic E-state index is 12.9. The molecule has 0 spiro atoms. The Hall–Kier alpha value is -3.86. The summed E-state index contributed by atoms with van der Waals surface area (Å²) in [4.78, 5) is 40.8. The van der Waals surface area contributed by atoms with Crippen molar-refractivity contribution in [2.75, 3.05) is 13.1 Å². The van der Waals surface area contributed by atoms with Gasteiger partial charge in [-0.1, -0.05) is 24.3 Å². The summed E-state index contributed by atoms with van der Waals surface area (Å²) in [6, 6.07) is 10.7. The van der Waals surface area contributed by atoms with Crippen LogP contribution in [0, 0.1) is 0 Å². The van der Waals surface area contributed by atoms with E-state index in [4.69, 9.17) is 0 Å². The van der Waals surface area contributed by atoms with E-state index >= 15 is 0 Å². The van der Waals surface area contributed by atoms with Gasteiger partial charge in [-0.3, -0.25) is 14.4 Å². The van der Waals surface area contributed by atoms with Crippen LogP contribution >= 0.6 is 0 Å². The number of aromatic nitrogens is 1. The standard InChI is InChI=1S/C26H30F3N5O3/c1-25(2,3)34-24(37)21(14-30-12-17-13-31-20-10-5-4-9-19(17)20)33-22(35)15-32-23(36)16-7-6-8-18(11-16)26(27,28)29/h4-11,13,21,30-31H,12,14-15H2,1-3H3,(H,32,36)(H,33,35)(H,34,37)/t21-/m0/s1. The van der Waals surface area contributed by atoms with Gasteiger partial charge in [0.1, 0.15) is 6.04 Å². The molecule has 0 aliphatic heterocycles. The van der Waals surface area contributed by atoms with Gasteiger partial charge in [-0.2, -0.15) is 13.2 Å². The largest absolute Gasteiger partial charge is 0.416 e. The molecule has 198 valence electrons. The van der Waals surface area contributed by atoms with Gasteiger partial charge in [-0.05, 0) is 50.6 Å². The predicted octanol–water partition coefficient (Wildman–Crippen LogP) is 3.11. The minimum atomic E-state index is -4.60. The van der Waals surface area contributed by atoms with E-state index in [2.05, 4.69) is 26.3 Å². The van der Waals surface area contributed by atoms with Crippen LogP contribution in [0.5, 0.6) is 0 Å². The van der Waals surface area contributed by atoms with Gasteiger partial charge in [-0.15, -0.1) is 0 Å². The minimum Gasteiger partial charge on any atom is -0.361 e. The molecule has 0 aliphatic carbocycles. The van der Waals surface area contributed by atoms with Crippen molar-refractivity contribution in [1.29, 1.82) is 0 Å². The Labute approximate surface area is 212 Å². The van der Waals surface area contributed by atoms with Gasteiger partial charge in [0.05, 0.1) is 12.1 Å². The molecule has 8 nitrogen and oxygen atoms in total. The van der Waals surface area contributed by atoms with Gasteiger partial charge in [0, 0.05) is 41.3 Å². The first-order chi connectivity index (χ1) is 17.3. The quantitative estimate of drug-likeness (QED) is 0.300. The van der Waals surface area contributed by atoms with Crippen molar-refractivity contribution in [1.82, 2.24) is 26.3 Å². The fraction of sp³-hybridized carbons (Fsp3) is 0.346. The zero-order valence-electron chi connectivity index (χ0n) is 20.8. The summed E-state index contributed by atoms with van der Waals surface area (Å²) < 4.78 is 38.7. The maximum Gasteiger partial charge on any atom is 0.416 e. The fourth-order valence-corrected chi connectivity index (χ4v) is 3.64. The molecule has 3 aromatic rings. The Kier molecular flexibility index (Phi) is 8.59. The van der Waals surface area contributed by atoms with E-state index in [1.165, 1.54) is 6.07 Å². The Balaban J connectivity index is 1.60. The van der Waals surface area contributed by atoms with Crippen LogP contribution in [0.15, 0.2) is 54.7 Å². The molecule has 1 atom stereocenters.